The maximum absolute atomic E-state index is 13.4. The van der Waals surface area contributed by atoms with Gasteiger partial charge in [-0.25, -0.2) is 0 Å². The summed E-state index contributed by atoms with van der Waals surface area (Å²) in [6.45, 7) is 11.3. The first-order chi connectivity index (χ1) is 21.8. The van der Waals surface area contributed by atoms with Crippen molar-refractivity contribution in [3.8, 4) is 0 Å². The number of aliphatic hydroxyl groups is 1. The van der Waals surface area contributed by atoms with Gasteiger partial charge in [0, 0.05) is 71.2 Å². The van der Waals surface area contributed by atoms with Crippen molar-refractivity contribution in [3.63, 3.8) is 0 Å². The lowest BCUT2D eigenvalue weighted by atomic mass is 9.74. The summed E-state index contributed by atoms with van der Waals surface area (Å²) in [4.78, 5) is 31.7. The van der Waals surface area contributed by atoms with Gasteiger partial charge in [-0.1, -0.05) is 6.42 Å². The Bertz CT molecular complexity index is 981. The molecule has 1 aliphatic carbocycles. The molecule has 5 saturated heterocycles. The van der Waals surface area contributed by atoms with Gasteiger partial charge in [0.1, 0.15) is 6.29 Å². The number of piperidine rings is 2. The molecule has 45 heavy (non-hydrogen) atoms. The fraction of sp³-hybridized carbons (Fsp3) is 0.938. The smallest absolute Gasteiger partial charge is 0.237 e. The third-order valence-electron chi connectivity index (χ3n) is 11.2. The maximum atomic E-state index is 13.4. The Morgan fingerprint density at radius 2 is 1.84 bits per heavy atom. The minimum absolute atomic E-state index is 0.0312. The second-order valence-electron chi connectivity index (χ2n) is 14.5. The van der Waals surface area contributed by atoms with Crippen molar-refractivity contribution >= 4 is 11.8 Å². The molecule has 13 heteroatoms. The molecule has 6 fully saturated rings. The normalized spacial score (nSPS) is 37.5. The maximum Gasteiger partial charge on any atom is 0.237 e. The van der Waals surface area contributed by atoms with Crippen LogP contribution in [-0.4, -0.2) is 146 Å². The number of fused-ring (bicyclic) bond motifs is 1. The van der Waals surface area contributed by atoms with Crippen LogP contribution in [0.3, 0.4) is 0 Å². The van der Waals surface area contributed by atoms with Gasteiger partial charge in [-0.2, -0.15) is 0 Å². The zero-order chi connectivity index (χ0) is 31.3. The largest absolute Gasteiger partial charge is 0.390 e. The van der Waals surface area contributed by atoms with Crippen molar-refractivity contribution in [1.82, 2.24) is 41.3 Å². The van der Waals surface area contributed by atoms with E-state index in [-0.39, 0.29) is 49.0 Å². The van der Waals surface area contributed by atoms with Crippen molar-refractivity contribution in [3.05, 3.63) is 0 Å². The number of carbonyl (C=O) groups excluding carboxylic acids is 2. The monoisotopic (exact) mass is 634 g/mol. The van der Waals surface area contributed by atoms with Gasteiger partial charge < -0.3 is 29.7 Å². The Kier molecular flexibility index (Phi) is 11.6. The molecule has 0 spiro atoms. The minimum Gasteiger partial charge on any atom is -0.390 e. The van der Waals surface area contributed by atoms with Crippen molar-refractivity contribution in [2.45, 2.75) is 114 Å². The number of aliphatic hydroxyl groups excluding tert-OH is 1. The number of nitrogens with one attached hydrogen (secondary N) is 5. The third-order valence-corrected chi connectivity index (χ3v) is 11.2. The lowest BCUT2D eigenvalue weighted by Gasteiger charge is -2.47. The van der Waals surface area contributed by atoms with E-state index in [2.05, 4.69) is 43.3 Å². The van der Waals surface area contributed by atoms with Crippen molar-refractivity contribution < 1.29 is 24.2 Å². The molecule has 5 aliphatic heterocycles. The Morgan fingerprint density at radius 3 is 2.60 bits per heavy atom. The molecule has 0 bridgehead atoms. The Morgan fingerprint density at radius 1 is 1.02 bits per heavy atom. The fourth-order valence-electron chi connectivity index (χ4n) is 8.27. The van der Waals surface area contributed by atoms with Gasteiger partial charge in [0.15, 0.2) is 0 Å². The predicted molar refractivity (Wildman–Crippen MR) is 170 cm³/mol. The second-order valence-corrected chi connectivity index (χ2v) is 14.5. The highest BCUT2D eigenvalue weighted by Crippen LogP contribution is 2.37. The summed E-state index contributed by atoms with van der Waals surface area (Å²) >= 11 is 0. The van der Waals surface area contributed by atoms with Crippen LogP contribution in [0.5, 0.6) is 0 Å². The number of β-amino-alcohol motifs (C(OH)–C–C–N with tert-alkyl or cyclic N) is 1. The second kappa shape index (κ2) is 15.7. The van der Waals surface area contributed by atoms with Gasteiger partial charge in [-0.05, 0) is 63.8 Å². The lowest BCUT2D eigenvalue weighted by Crippen LogP contribution is -2.73. The van der Waals surface area contributed by atoms with Gasteiger partial charge in [0.2, 0.25) is 11.8 Å². The number of rotatable bonds is 11. The lowest BCUT2D eigenvalue weighted by molar-refractivity contribution is -0.133. The molecule has 0 radical (unpaired) electrons. The van der Waals surface area contributed by atoms with E-state index in [4.69, 9.17) is 9.47 Å². The number of carbonyl (C=O) groups is 2. The number of amides is 2. The summed E-state index contributed by atoms with van der Waals surface area (Å²) in [7, 11) is 0. The van der Waals surface area contributed by atoms with Crippen molar-refractivity contribution in [1.29, 1.82) is 0 Å². The number of hydrogen-bond donors (Lipinski definition) is 6. The zero-order valence-corrected chi connectivity index (χ0v) is 27.4. The number of nitrogens with zero attached hydrogens (tertiary/aromatic N) is 3. The van der Waals surface area contributed by atoms with Crippen LogP contribution in [0.2, 0.25) is 0 Å². The van der Waals surface area contributed by atoms with E-state index in [0.29, 0.717) is 63.4 Å². The Balaban J connectivity index is 0.922. The highest BCUT2D eigenvalue weighted by Gasteiger charge is 2.39. The molecule has 9 atom stereocenters. The van der Waals surface area contributed by atoms with E-state index in [9.17, 15) is 14.7 Å². The summed E-state index contributed by atoms with van der Waals surface area (Å²) in [6, 6.07) is 0.219. The van der Waals surface area contributed by atoms with Gasteiger partial charge in [-0.3, -0.25) is 35.8 Å². The van der Waals surface area contributed by atoms with Gasteiger partial charge in [-0.15, -0.1) is 0 Å². The predicted octanol–water partition coefficient (Wildman–Crippen LogP) is -0.827. The number of likely N-dealkylation sites (tertiary alicyclic amines) is 3. The molecule has 2 amide bonds. The average molecular weight is 635 g/mol. The van der Waals surface area contributed by atoms with Crippen LogP contribution in [-0.2, 0) is 19.1 Å². The highest BCUT2D eigenvalue weighted by molar-refractivity contribution is 5.82. The van der Waals surface area contributed by atoms with Crippen LogP contribution in [0, 0.1) is 11.8 Å². The minimum atomic E-state index is -0.603. The quantitative estimate of drug-likeness (QED) is 0.170. The van der Waals surface area contributed by atoms with E-state index in [0.717, 1.165) is 58.3 Å². The fourth-order valence-corrected chi connectivity index (χ4v) is 8.27. The van der Waals surface area contributed by atoms with Crippen LogP contribution in [0.4, 0.5) is 0 Å². The van der Waals surface area contributed by atoms with Gasteiger partial charge in [0.25, 0.3) is 0 Å². The Hall–Kier alpha value is -1.42. The van der Waals surface area contributed by atoms with Gasteiger partial charge >= 0.3 is 0 Å². The first-order valence-corrected chi connectivity index (χ1v) is 17.7. The van der Waals surface area contributed by atoms with Crippen LogP contribution in [0.15, 0.2) is 0 Å². The molecular formula is C32H58N8O5. The highest BCUT2D eigenvalue weighted by atomic mass is 16.5. The molecule has 256 valence electrons. The molecule has 6 aliphatic rings. The van der Waals surface area contributed by atoms with Crippen LogP contribution >= 0.6 is 0 Å². The number of hydrogen-bond acceptors (Lipinski definition) is 11. The molecule has 13 nitrogen and oxygen atoms in total. The molecule has 0 aromatic heterocycles. The van der Waals surface area contributed by atoms with Crippen LogP contribution in [0.1, 0.15) is 65.2 Å². The summed E-state index contributed by atoms with van der Waals surface area (Å²) < 4.78 is 12.0. The van der Waals surface area contributed by atoms with E-state index in [1.165, 1.54) is 12.8 Å². The third kappa shape index (κ3) is 8.94. The van der Waals surface area contributed by atoms with Crippen molar-refractivity contribution in [2.24, 2.45) is 11.8 Å². The zero-order valence-electron chi connectivity index (χ0n) is 27.4. The molecular weight excluding hydrogens is 576 g/mol. The number of ether oxygens (including phenoxy) is 2. The van der Waals surface area contributed by atoms with Crippen LogP contribution < -0.4 is 26.6 Å². The SMILES string of the molecule is CC(=O)N1CC(NC2CC(C(=O)NC[C@H](O)CN3CCC4CC(OCC5OCNC5C)CCC4C3)NC(N3CCCCC3)N2)C1. The molecule has 1 saturated carbocycles. The molecule has 8 unspecified atom stereocenters. The summed E-state index contributed by atoms with van der Waals surface area (Å²) in [6.07, 6.45) is 8.46. The van der Waals surface area contributed by atoms with Crippen molar-refractivity contribution in [2.75, 3.05) is 65.7 Å². The molecule has 0 aromatic rings. The van der Waals surface area contributed by atoms with E-state index < -0.39 is 6.10 Å². The first kappa shape index (κ1) is 33.5. The average Bonchev–Trinajstić information content (AvgIpc) is 3.44. The summed E-state index contributed by atoms with van der Waals surface area (Å²) in [5.41, 5.74) is 0. The summed E-state index contributed by atoms with van der Waals surface area (Å²) in [5.74, 6) is 1.38. The first-order valence-electron chi connectivity index (χ1n) is 17.7. The molecule has 5 heterocycles. The molecule has 6 rings (SSSR count). The van der Waals surface area contributed by atoms with Gasteiger partial charge in [0.05, 0.1) is 43.9 Å². The standard InChI is InChI=1S/C32H58N8O5/c1-21-29(45-20-34-21)19-44-27-7-6-24-15-38(11-8-23(24)12-27)18-26(42)14-33-31(43)28-13-30(35-25-16-40(17-25)22(2)41)37-32(36-28)39-9-4-3-5-10-39/h21,23-30,32,34-37,42H,3-20H2,1-2H3,(H,33,43)/t21?,23?,24?,26-,27?,28?,29?,30?,32?/m0/s1. The van der Waals surface area contributed by atoms with E-state index >= 15 is 0 Å². The van der Waals surface area contributed by atoms with E-state index in [1.807, 2.05) is 4.90 Å². The summed E-state index contributed by atoms with van der Waals surface area (Å²) in [5, 5.41) is 28.2. The Labute approximate surface area is 268 Å². The van der Waals surface area contributed by atoms with Crippen LogP contribution in [0.25, 0.3) is 0 Å². The van der Waals surface area contributed by atoms with E-state index in [1.54, 1.807) is 6.92 Å². The topological polar surface area (TPSA) is 143 Å². The molecule has 6 N–H and O–H groups in total. The molecule has 0 aromatic carbocycles.